The Bertz CT molecular complexity index is 358. The summed E-state index contributed by atoms with van der Waals surface area (Å²) in [6, 6.07) is 4.00. The molecule has 18 heavy (non-hydrogen) atoms. The predicted molar refractivity (Wildman–Crippen MR) is 83.0 cm³/mol. The second kappa shape index (κ2) is 8.15. The number of ether oxygens (including phenoxy) is 1. The number of benzene rings is 1. The van der Waals surface area contributed by atoms with Crippen molar-refractivity contribution in [3.63, 3.8) is 0 Å². The first-order valence-electron chi connectivity index (χ1n) is 6.15. The predicted octanol–water partition coefficient (Wildman–Crippen LogP) is 3.39. The zero-order valence-electron chi connectivity index (χ0n) is 10.9. The molecule has 0 aliphatic rings. The lowest BCUT2D eigenvalue weighted by molar-refractivity contribution is 0.221. The number of nitrogens with zero attached hydrogens (tertiary/aromatic N) is 1. The van der Waals surface area contributed by atoms with E-state index in [2.05, 4.69) is 50.6 Å². The van der Waals surface area contributed by atoms with E-state index in [0.29, 0.717) is 13.2 Å². The fourth-order valence-electron chi connectivity index (χ4n) is 1.68. The summed E-state index contributed by atoms with van der Waals surface area (Å²) in [5.41, 5.74) is 6.70. The fourth-order valence-corrected chi connectivity index (χ4v) is 3.19. The molecule has 0 radical (unpaired) electrons. The van der Waals surface area contributed by atoms with E-state index in [-0.39, 0.29) is 0 Å². The molecule has 0 atom stereocenters. The average Bonchev–Trinajstić information content (AvgIpc) is 2.37. The van der Waals surface area contributed by atoms with Crippen molar-refractivity contribution in [3.8, 4) is 5.75 Å². The van der Waals surface area contributed by atoms with Gasteiger partial charge >= 0.3 is 0 Å². The maximum atomic E-state index is 5.82. The Morgan fingerprint density at radius 1 is 1.17 bits per heavy atom. The number of halogens is 2. The molecule has 1 rings (SSSR count). The molecule has 0 amide bonds. The Hall–Kier alpha value is -0.100. The Labute approximate surface area is 126 Å². The van der Waals surface area contributed by atoms with Crippen molar-refractivity contribution >= 4 is 31.9 Å². The van der Waals surface area contributed by atoms with Crippen LogP contribution in [0.5, 0.6) is 5.75 Å². The van der Waals surface area contributed by atoms with E-state index >= 15 is 0 Å². The second-order valence-electron chi connectivity index (χ2n) is 3.97. The minimum absolute atomic E-state index is 0.525. The quantitative estimate of drug-likeness (QED) is 0.789. The summed E-state index contributed by atoms with van der Waals surface area (Å²) in [5, 5.41) is 0. The van der Waals surface area contributed by atoms with E-state index in [1.54, 1.807) is 0 Å². The van der Waals surface area contributed by atoms with Crippen molar-refractivity contribution < 1.29 is 4.74 Å². The highest BCUT2D eigenvalue weighted by Crippen LogP contribution is 2.34. The standard InChI is InChI=1S/C13H20Br2N2O/c1-3-17(4-2)5-6-18-13-11(14)7-10(9-16)8-12(13)15/h7-8H,3-6,9,16H2,1-2H3. The Morgan fingerprint density at radius 2 is 1.72 bits per heavy atom. The summed E-state index contributed by atoms with van der Waals surface area (Å²) in [5.74, 6) is 0.847. The third-order valence-corrected chi connectivity index (χ3v) is 4.02. The number of likely N-dealkylation sites (N-methyl/N-ethyl adjacent to an activating group) is 1. The van der Waals surface area contributed by atoms with Gasteiger partial charge in [0.05, 0.1) is 8.95 Å². The largest absolute Gasteiger partial charge is 0.490 e. The van der Waals surface area contributed by atoms with Crippen molar-refractivity contribution in [3.05, 3.63) is 26.6 Å². The first-order chi connectivity index (χ1) is 8.62. The van der Waals surface area contributed by atoms with Crippen LogP contribution in [0.1, 0.15) is 19.4 Å². The normalized spacial score (nSPS) is 11.0. The minimum Gasteiger partial charge on any atom is -0.490 e. The zero-order chi connectivity index (χ0) is 13.5. The van der Waals surface area contributed by atoms with Crippen LogP contribution in [0.3, 0.4) is 0 Å². The van der Waals surface area contributed by atoms with E-state index in [1.165, 1.54) is 0 Å². The van der Waals surface area contributed by atoms with Gasteiger partial charge in [0.25, 0.3) is 0 Å². The van der Waals surface area contributed by atoms with Crippen LogP contribution in [0.2, 0.25) is 0 Å². The summed E-state index contributed by atoms with van der Waals surface area (Å²) < 4.78 is 7.71. The van der Waals surface area contributed by atoms with Crippen molar-refractivity contribution in [1.82, 2.24) is 4.90 Å². The second-order valence-corrected chi connectivity index (χ2v) is 5.68. The lowest BCUT2D eigenvalue weighted by Crippen LogP contribution is -2.28. The van der Waals surface area contributed by atoms with Crippen LogP contribution in [0.4, 0.5) is 0 Å². The average molecular weight is 380 g/mol. The summed E-state index contributed by atoms with van der Waals surface area (Å²) >= 11 is 7.03. The molecule has 102 valence electrons. The number of hydrogen-bond donors (Lipinski definition) is 1. The van der Waals surface area contributed by atoms with Crippen LogP contribution in [0, 0.1) is 0 Å². The highest BCUT2D eigenvalue weighted by atomic mass is 79.9. The third kappa shape index (κ3) is 4.53. The molecule has 0 saturated carbocycles. The summed E-state index contributed by atoms with van der Waals surface area (Å²) in [4.78, 5) is 2.33. The molecule has 3 nitrogen and oxygen atoms in total. The molecule has 0 saturated heterocycles. The van der Waals surface area contributed by atoms with E-state index in [1.807, 2.05) is 12.1 Å². The first-order valence-corrected chi connectivity index (χ1v) is 7.74. The van der Waals surface area contributed by atoms with E-state index < -0.39 is 0 Å². The van der Waals surface area contributed by atoms with Crippen molar-refractivity contribution in [2.24, 2.45) is 5.73 Å². The van der Waals surface area contributed by atoms with E-state index in [9.17, 15) is 0 Å². The van der Waals surface area contributed by atoms with Gasteiger partial charge in [-0.15, -0.1) is 0 Å². The lowest BCUT2D eigenvalue weighted by Gasteiger charge is -2.19. The van der Waals surface area contributed by atoms with Gasteiger partial charge in [0.1, 0.15) is 12.4 Å². The molecule has 0 bridgehead atoms. The maximum absolute atomic E-state index is 5.82. The molecule has 1 aromatic carbocycles. The van der Waals surface area contributed by atoms with Gasteiger partial charge in [0.2, 0.25) is 0 Å². The van der Waals surface area contributed by atoms with E-state index in [0.717, 1.165) is 39.9 Å². The van der Waals surface area contributed by atoms with Gasteiger partial charge in [0.15, 0.2) is 0 Å². The molecular weight excluding hydrogens is 360 g/mol. The zero-order valence-corrected chi connectivity index (χ0v) is 14.1. The first kappa shape index (κ1) is 16.0. The summed E-state index contributed by atoms with van der Waals surface area (Å²) in [6.07, 6.45) is 0. The maximum Gasteiger partial charge on any atom is 0.147 e. The minimum atomic E-state index is 0.525. The van der Waals surface area contributed by atoms with Gasteiger partial charge in [-0.1, -0.05) is 13.8 Å². The van der Waals surface area contributed by atoms with Gasteiger partial charge in [-0.2, -0.15) is 0 Å². The van der Waals surface area contributed by atoms with Crippen LogP contribution < -0.4 is 10.5 Å². The van der Waals surface area contributed by atoms with Gasteiger partial charge in [0, 0.05) is 13.1 Å². The molecule has 2 N–H and O–H groups in total. The summed E-state index contributed by atoms with van der Waals surface area (Å²) in [6.45, 7) is 8.56. The topological polar surface area (TPSA) is 38.5 Å². The van der Waals surface area contributed by atoms with Crippen LogP contribution in [0.15, 0.2) is 21.1 Å². The summed E-state index contributed by atoms with van der Waals surface area (Å²) in [7, 11) is 0. The van der Waals surface area contributed by atoms with Crippen molar-refractivity contribution in [2.75, 3.05) is 26.2 Å². The molecule has 0 heterocycles. The number of rotatable bonds is 7. The smallest absolute Gasteiger partial charge is 0.147 e. The van der Waals surface area contributed by atoms with Crippen LogP contribution in [-0.2, 0) is 6.54 Å². The third-order valence-electron chi connectivity index (χ3n) is 2.84. The number of hydrogen-bond acceptors (Lipinski definition) is 3. The molecule has 0 spiro atoms. The molecule has 0 unspecified atom stereocenters. The molecule has 1 aromatic rings. The van der Waals surface area contributed by atoms with E-state index in [4.69, 9.17) is 10.5 Å². The van der Waals surface area contributed by atoms with Crippen LogP contribution in [0.25, 0.3) is 0 Å². The highest BCUT2D eigenvalue weighted by molar-refractivity contribution is 9.11. The fraction of sp³-hybridized carbons (Fsp3) is 0.538. The van der Waals surface area contributed by atoms with Crippen molar-refractivity contribution in [1.29, 1.82) is 0 Å². The van der Waals surface area contributed by atoms with Crippen LogP contribution in [-0.4, -0.2) is 31.1 Å². The molecule has 0 aromatic heterocycles. The van der Waals surface area contributed by atoms with Gasteiger partial charge in [-0.25, -0.2) is 0 Å². The monoisotopic (exact) mass is 378 g/mol. The highest BCUT2D eigenvalue weighted by Gasteiger charge is 2.09. The number of nitrogens with two attached hydrogens (primary N) is 1. The Kier molecular flexibility index (Phi) is 7.22. The Balaban J connectivity index is 2.62. The molecule has 0 fully saturated rings. The molecule has 0 aliphatic carbocycles. The molecule has 5 heteroatoms. The van der Waals surface area contributed by atoms with Gasteiger partial charge in [-0.05, 0) is 62.6 Å². The van der Waals surface area contributed by atoms with Gasteiger partial charge < -0.3 is 15.4 Å². The van der Waals surface area contributed by atoms with Crippen molar-refractivity contribution in [2.45, 2.75) is 20.4 Å². The lowest BCUT2D eigenvalue weighted by atomic mass is 10.2. The Morgan fingerprint density at radius 3 is 2.17 bits per heavy atom. The van der Waals surface area contributed by atoms with Crippen LogP contribution >= 0.6 is 31.9 Å². The van der Waals surface area contributed by atoms with Gasteiger partial charge in [-0.3, -0.25) is 0 Å². The molecular formula is C13H20Br2N2O. The SMILES string of the molecule is CCN(CC)CCOc1c(Br)cc(CN)cc1Br. The molecule has 0 aliphatic heterocycles.